The molecule has 5 rings (SSSR count). The van der Waals surface area contributed by atoms with Crippen LogP contribution in [0.4, 0.5) is 8.78 Å². The Kier molecular flexibility index (Phi) is 5.08. The van der Waals surface area contributed by atoms with Crippen LogP contribution < -0.4 is 10.5 Å². The molecule has 1 unspecified atom stereocenters. The number of fused-ring (bicyclic) bond motifs is 3. The third kappa shape index (κ3) is 3.02. The highest BCUT2D eigenvalue weighted by Crippen LogP contribution is 2.52. The molecule has 2 N–H and O–H groups in total. The molecule has 2 aliphatic heterocycles. The summed E-state index contributed by atoms with van der Waals surface area (Å²) < 4.78 is 46.7. The maximum Gasteiger partial charge on any atom is 0.234 e. The summed E-state index contributed by atoms with van der Waals surface area (Å²) >= 11 is 0. The molecular weight excluding hydrogens is 462 g/mol. The first kappa shape index (κ1) is 22.6. The fourth-order valence-electron chi connectivity index (χ4n) is 5.20. The maximum atomic E-state index is 15.2. The van der Waals surface area contributed by atoms with Gasteiger partial charge >= 0.3 is 0 Å². The van der Waals surface area contributed by atoms with Crippen LogP contribution in [0, 0.1) is 5.82 Å². The zero-order valence-electron chi connectivity index (χ0n) is 18.8. The number of hydrogen-bond donors (Lipinski definition) is 1. The first-order valence-corrected chi connectivity index (χ1v) is 12.5. The maximum absolute atomic E-state index is 15.2. The summed E-state index contributed by atoms with van der Waals surface area (Å²) in [5, 5.41) is -0.633. The number of aliphatic imine (C=N–C) groups is 1. The van der Waals surface area contributed by atoms with Gasteiger partial charge in [-0.1, -0.05) is 12.1 Å². The van der Waals surface area contributed by atoms with Crippen molar-refractivity contribution in [3.8, 4) is 5.88 Å². The van der Waals surface area contributed by atoms with Crippen molar-refractivity contribution in [2.24, 2.45) is 10.7 Å². The van der Waals surface area contributed by atoms with Crippen molar-refractivity contribution in [3.63, 3.8) is 0 Å². The van der Waals surface area contributed by atoms with Crippen molar-refractivity contribution >= 4 is 32.4 Å². The molecule has 2 aromatic heterocycles. The molecular formula is C23H24F2N6O2S. The zero-order chi connectivity index (χ0) is 24.3. The Hall–Kier alpha value is -3.21. The van der Waals surface area contributed by atoms with Gasteiger partial charge in [-0.2, -0.15) is 4.98 Å². The number of alkyl halides is 1. The second kappa shape index (κ2) is 7.66. The van der Waals surface area contributed by atoms with E-state index in [0.29, 0.717) is 35.6 Å². The van der Waals surface area contributed by atoms with E-state index in [0.717, 1.165) is 5.56 Å². The molecule has 0 saturated carbocycles. The second-order valence-electron chi connectivity index (χ2n) is 8.92. The predicted octanol–water partition coefficient (Wildman–Crippen LogP) is 2.33. The molecule has 1 aromatic carbocycles. The van der Waals surface area contributed by atoms with Crippen molar-refractivity contribution in [2.75, 3.05) is 13.8 Å². The Morgan fingerprint density at radius 2 is 2.12 bits per heavy atom. The van der Waals surface area contributed by atoms with Crippen LogP contribution in [0.2, 0.25) is 0 Å². The van der Waals surface area contributed by atoms with E-state index in [2.05, 4.69) is 30.8 Å². The van der Waals surface area contributed by atoms with E-state index in [1.807, 2.05) is 0 Å². The summed E-state index contributed by atoms with van der Waals surface area (Å²) in [6.07, 6.45) is 3.86. The van der Waals surface area contributed by atoms with Crippen LogP contribution in [-0.4, -0.2) is 59.6 Å². The number of hydrogen-bond acceptors (Lipinski definition) is 8. The van der Waals surface area contributed by atoms with Gasteiger partial charge in [-0.3, -0.25) is 9.20 Å². The lowest BCUT2D eigenvalue weighted by molar-refractivity contribution is 0.397. The molecule has 2 aliphatic rings. The quantitative estimate of drug-likeness (QED) is 0.550. The van der Waals surface area contributed by atoms with Gasteiger partial charge in [-0.05, 0) is 46.8 Å². The fraction of sp³-hybridized carbons (Fsp3) is 0.391. The lowest BCUT2D eigenvalue weighted by atomic mass is 9.85. The Morgan fingerprint density at radius 1 is 1.32 bits per heavy atom. The normalized spacial score (nSPS) is 30.4. The summed E-state index contributed by atoms with van der Waals surface area (Å²) in [5.74, 6) is 3.67. The molecule has 3 aromatic rings. The molecule has 34 heavy (non-hydrogen) atoms. The van der Waals surface area contributed by atoms with Crippen LogP contribution >= 0.6 is 0 Å². The molecule has 0 amide bonds. The van der Waals surface area contributed by atoms with Crippen LogP contribution in [0.5, 0.6) is 5.88 Å². The number of rotatable bonds is 5. The first-order chi connectivity index (χ1) is 16.2. The Balaban J connectivity index is 1.59. The minimum absolute atomic E-state index is 0.0536. The molecule has 0 spiro atoms. The van der Waals surface area contributed by atoms with Crippen molar-refractivity contribution < 1.29 is 17.7 Å². The third-order valence-electron chi connectivity index (χ3n) is 7.15. The van der Waals surface area contributed by atoms with Crippen molar-refractivity contribution in [2.45, 2.75) is 41.7 Å². The van der Waals surface area contributed by atoms with E-state index in [1.54, 1.807) is 19.1 Å². The van der Waals surface area contributed by atoms with E-state index in [-0.39, 0.29) is 17.8 Å². The lowest BCUT2D eigenvalue weighted by Crippen LogP contribution is -2.58. The number of benzene rings is 1. The van der Waals surface area contributed by atoms with Crippen LogP contribution in [0.15, 0.2) is 35.7 Å². The van der Waals surface area contributed by atoms with Gasteiger partial charge in [-0.15, -0.1) is 0 Å². The number of halogens is 2. The Bertz CT molecular complexity index is 1450. The van der Waals surface area contributed by atoms with E-state index < -0.39 is 37.5 Å². The number of nitrogens with zero attached hydrogens (tertiary/aromatic N) is 5. The number of methoxy groups -OCH3 is 1. The highest BCUT2D eigenvalue weighted by molar-refractivity contribution is 8.03. The minimum atomic E-state index is -3.02. The summed E-state index contributed by atoms with van der Waals surface area (Å²) in [4.78, 5) is 21.7. The van der Waals surface area contributed by atoms with Crippen molar-refractivity contribution in [3.05, 3.63) is 53.4 Å². The van der Waals surface area contributed by atoms with Gasteiger partial charge in [0.05, 0.1) is 24.3 Å². The molecule has 2 bridgehead atoms. The number of amidine groups is 1. The van der Waals surface area contributed by atoms with Gasteiger partial charge in [0, 0.05) is 12.0 Å². The predicted molar refractivity (Wildman–Crippen MR) is 127 cm³/mol. The molecule has 178 valence electrons. The summed E-state index contributed by atoms with van der Waals surface area (Å²) in [6, 6.07) is 4.66. The van der Waals surface area contributed by atoms with Crippen molar-refractivity contribution in [1.29, 1.82) is 0 Å². The molecule has 1 saturated heterocycles. The van der Waals surface area contributed by atoms with E-state index in [4.69, 9.17) is 10.5 Å². The van der Waals surface area contributed by atoms with Crippen LogP contribution in [0.25, 0.3) is 11.2 Å². The second-order valence-corrected chi connectivity index (χ2v) is 11.7. The average Bonchev–Trinajstić information content (AvgIpc) is 3.03. The molecule has 0 aliphatic carbocycles. The van der Waals surface area contributed by atoms with Crippen LogP contribution in [0.3, 0.4) is 0 Å². The minimum Gasteiger partial charge on any atom is -0.480 e. The van der Waals surface area contributed by atoms with Gasteiger partial charge in [-0.25, -0.2) is 23.7 Å². The lowest BCUT2D eigenvalue weighted by Gasteiger charge is -2.42. The monoisotopic (exact) mass is 486 g/mol. The molecule has 4 atom stereocenters. The smallest absolute Gasteiger partial charge is 0.234 e. The number of aromatic nitrogens is 4. The van der Waals surface area contributed by atoms with Gasteiger partial charge < -0.3 is 10.5 Å². The molecule has 8 nitrogen and oxygen atoms in total. The van der Waals surface area contributed by atoms with Crippen molar-refractivity contribution in [1.82, 2.24) is 19.9 Å². The molecule has 1 fully saturated rings. The summed E-state index contributed by atoms with van der Waals surface area (Å²) in [6.45, 7) is 0.801. The van der Waals surface area contributed by atoms with Gasteiger partial charge in [0.2, 0.25) is 5.88 Å². The Labute approximate surface area is 195 Å². The topological polar surface area (TPSA) is 116 Å². The highest BCUT2D eigenvalue weighted by atomic mass is 32.2. The van der Waals surface area contributed by atoms with Gasteiger partial charge in [0.15, 0.2) is 5.65 Å². The molecule has 4 heterocycles. The first-order valence-electron chi connectivity index (χ1n) is 10.7. The largest absolute Gasteiger partial charge is 0.480 e. The van der Waals surface area contributed by atoms with E-state index >= 15 is 4.39 Å². The SMILES string of the molecule is C=S1(=O)[C@H]2CC[C@]1(CF)C(N)=N[C@]2(C)c1cc(Cc2ncnc3nc(OC)cnc23)ccc1F. The standard InChI is InChI=1S/C23H24F2N6O2S/c1-22(17-6-7-23(11-24,21(26)31-22)34(17,3)32)14-8-13(4-5-15(14)25)9-16-19-20(29-12-28-16)30-18(33-2)10-27-19/h4-5,8,10,12,17H,3,6-7,9,11H2,1-2H3,(H2,26,31)/t17-,22+,23-,34?/m0/s1. The van der Waals surface area contributed by atoms with Crippen LogP contribution in [-0.2, 0) is 21.5 Å². The third-order valence-corrected chi connectivity index (χ3v) is 10.6. The van der Waals surface area contributed by atoms with E-state index in [1.165, 1.54) is 25.7 Å². The van der Waals surface area contributed by atoms with Crippen LogP contribution in [0.1, 0.15) is 36.6 Å². The van der Waals surface area contributed by atoms with Gasteiger partial charge in [0.25, 0.3) is 0 Å². The number of nitrogens with two attached hydrogens (primary N) is 1. The average molecular weight is 487 g/mol. The van der Waals surface area contributed by atoms with Gasteiger partial charge in [0.1, 0.15) is 40.5 Å². The molecule has 11 heteroatoms. The zero-order valence-corrected chi connectivity index (χ0v) is 19.6. The summed E-state index contributed by atoms with van der Waals surface area (Å²) in [5.41, 5.74) is 7.41. The highest BCUT2D eigenvalue weighted by Gasteiger charge is 2.61. The summed E-state index contributed by atoms with van der Waals surface area (Å²) in [7, 11) is -1.53. The van der Waals surface area contributed by atoms with E-state index in [9.17, 15) is 8.60 Å². The fourth-order valence-corrected chi connectivity index (χ4v) is 8.22. The molecule has 0 radical (unpaired) electrons. The number of ether oxygens (including phenoxy) is 1. The Morgan fingerprint density at radius 3 is 2.85 bits per heavy atom.